The Balaban J connectivity index is 2.29. The van der Waals surface area contributed by atoms with Crippen molar-refractivity contribution in [2.24, 2.45) is 0 Å². The summed E-state index contributed by atoms with van der Waals surface area (Å²) in [5.41, 5.74) is 5.86. The molecule has 1 aliphatic rings. The third-order valence-corrected chi connectivity index (χ3v) is 3.29. The van der Waals surface area contributed by atoms with Gasteiger partial charge in [0.05, 0.1) is 6.04 Å². The molecule has 0 saturated heterocycles. The van der Waals surface area contributed by atoms with Crippen LogP contribution in [0.2, 0.25) is 0 Å². The minimum atomic E-state index is 0.357. The van der Waals surface area contributed by atoms with Crippen LogP contribution in [-0.4, -0.2) is 7.05 Å². The Morgan fingerprint density at radius 1 is 1.25 bits per heavy atom. The maximum absolute atomic E-state index is 3.36. The van der Waals surface area contributed by atoms with Crippen LogP contribution < -0.4 is 5.32 Å². The van der Waals surface area contributed by atoms with Gasteiger partial charge in [-0.2, -0.15) is 0 Å². The normalized spacial score (nSPS) is 15.7. The average molecular weight is 215 g/mol. The minimum absolute atomic E-state index is 0.357. The number of allylic oxidation sites excluding steroid dienone is 1. The lowest BCUT2D eigenvalue weighted by Crippen LogP contribution is -2.14. The van der Waals surface area contributed by atoms with Crippen molar-refractivity contribution in [3.63, 3.8) is 0 Å². The van der Waals surface area contributed by atoms with Crippen molar-refractivity contribution in [3.05, 3.63) is 46.5 Å². The van der Waals surface area contributed by atoms with E-state index in [-0.39, 0.29) is 0 Å². The fourth-order valence-corrected chi connectivity index (χ4v) is 2.46. The summed E-state index contributed by atoms with van der Waals surface area (Å²) in [6, 6.07) is 7.31. The molecular formula is C15H21N. The van der Waals surface area contributed by atoms with Gasteiger partial charge in [0.1, 0.15) is 0 Å². The van der Waals surface area contributed by atoms with Crippen molar-refractivity contribution < 1.29 is 0 Å². The van der Waals surface area contributed by atoms with Gasteiger partial charge < -0.3 is 5.32 Å². The van der Waals surface area contributed by atoms with Crippen molar-refractivity contribution in [2.75, 3.05) is 7.05 Å². The van der Waals surface area contributed by atoms with E-state index in [4.69, 9.17) is 0 Å². The van der Waals surface area contributed by atoms with E-state index < -0.39 is 0 Å². The molecule has 0 amide bonds. The third-order valence-electron chi connectivity index (χ3n) is 3.29. The fourth-order valence-electron chi connectivity index (χ4n) is 2.46. The van der Waals surface area contributed by atoms with Crippen LogP contribution in [0.25, 0.3) is 0 Å². The Kier molecular flexibility index (Phi) is 3.45. The summed E-state index contributed by atoms with van der Waals surface area (Å²) in [6.07, 6.45) is 6.14. The standard InChI is InChI=1S/C15H21N/c1-11(2)9-15(16-3)14-8-7-12-5-4-6-13(12)10-14/h7-10,15-16H,4-6H2,1-3H3. The molecule has 1 N–H and O–H groups in total. The Morgan fingerprint density at radius 3 is 2.69 bits per heavy atom. The maximum atomic E-state index is 3.36. The van der Waals surface area contributed by atoms with Crippen LogP contribution >= 0.6 is 0 Å². The molecule has 1 unspecified atom stereocenters. The summed E-state index contributed by atoms with van der Waals surface area (Å²) >= 11 is 0. The van der Waals surface area contributed by atoms with Crippen LogP contribution in [0.15, 0.2) is 29.8 Å². The molecule has 0 fully saturated rings. The molecule has 0 aliphatic heterocycles. The predicted molar refractivity (Wildman–Crippen MR) is 69.7 cm³/mol. The lowest BCUT2D eigenvalue weighted by molar-refractivity contribution is 0.709. The predicted octanol–water partition coefficient (Wildman–Crippen LogP) is 3.40. The van der Waals surface area contributed by atoms with Crippen LogP contribution in [0.3, 0.4) is 0 Å². The Hall–Kier alpha value is -1.08. The van der Waals surface area contributed by atoms with E-state index >= 15 is 0 Å². The summed E-state index contributed by atoms with van der Waals surface area (Å²) in [5.74, 6) is 0. The van der Waals surface area contributed by atoms with Gasteiger partial charge in [-0.25, -0.2) is 0 Å². The van der Waals surface area contributed by atoms with Gasteiger partial charge in [0, 0.05) is 0 Å². The number of rotatable bonds is 3. The lowest BCUT2D eigenvalue weighted by atomic mass is 10.00. The molecular weight excluding hydrogens is 194 g/mol. The van der Waals surface area contributed by atoms with E-state index in [2.05, 4.69) is 43.4 Å². The van der Waals surface area contributed by atoms with Crippen LogP contribution in [0.1, 0.15) is 43.0 Å². The van der Waals surface area contributed by atoms with Crippen molar-refractivity contribution >= 4 is 0 Å². The first kappa shape index (κ1) is 11.4. The molecule has 1 aliphatic carbocycles. The molecule has 0 heterocycles. The third kappa shape index (κ3) is 2.35. The quantitative estimate of drug-likeness (QED) is 0.762. The second-order valence-electron chi connectivity index (χ2n) is 4.89. The lowest BCUT2D eigenvalue weighted by Gasteiger charge is -2.14. The summed E-state index contributed by atoms with van der Waals surface area (Å²) in [5, 5.41) is 3.36. The molecule has 0 aromatic heterocycles. The zero-order valence-corrected chi connectivity index (χ0v) is 10.5. The molecule has 0 bridgehead atoms. The molecule has 0 radical (unpaired) electrons. The molecule has 1 atom stereocenters. The zero-order valence-electron chi connectivity index (χ0n) is 10.5. The first-order chi connectivity index (χ1) is 7.70. The highest BCUT2D eigenvalue weighted by molar-refractivity contribution is 5.37. The Labute approximate surface area is 98.6 Å². The molecule has 1 aromatic rings. The van der Waals surface area contributed by atoms with Crippen molar-refractivity contribution in [1.29, 1.82) is 0 Å². The fraction of sp³-hybridized carbons (Fsp3) is 0.467. The number of nitrogens with one attached hydrogen (secondary N) is 1. The molecule has 0 saturated carbocycles. The van der Waals surface area contributed by atoms with Gasteiger partial charge in [0.15, 0.2) is 0 Å². The second kappa shape index (κ2) is 4.84. The van der Waals surface area contributed by atoms with Gasteiger partial charge in [0.25, 0.3) is 0 Å². The van der Waals surface area contributed by atoms with Crippen LogP contribution in [0, 0.1) is 0 Å². The molecule has 2 rings (SSSR count). The smallest absolute Gasteiger partial charge is 0.0506 e. The highest BCUT2D eigenvalue weighted by atomic mass is 14.9. The topological polar surface area (TPSA) is 12.0 Å². The molecule has 0 spiro atoms. The summed E-state index contributed by atoms with van der Waals surface area (Å²) < 4.78 is 0. The molecule has 1 heteroatoms. The van der Waals surface area contributed by atoms with E-state index in [1.54, 1.807) is 11.1 Å². The average Bonchev–Trinajstić information content (AvgIpc) is 2.72. The zero-order chi connectivity index (χ0) is 11.5. The van der Waals surface area contributed by atoms with Crippen LogP contribution in [0.5, 0.6) is 0 Å². The first-order valence-corrected chi connectivity index (χ1v) is 6.14. The second-order valence-corrected chi connectivity index (χ2v) is 4.89. The first-order valence-electron chi connectivity index (χ1n) is 6.14. The highest BCUT2D eigenvalue weighted by Crippen LogP contribution is 2.26. The van der Waals surface area contributed by atoms with E-state index in [1.165, 1.54) is 30.4 Å². The highest BCUT2D eigenvalue weighted by Gasteiger charge is 2.13. The SMILES string of the molecule is CNC(C=C(C)C)c1ccc2c(c1)CCC2. The van der Waals surface area contributed by atoms with Crippen molar-refractivity contribution in [2.45, 2.75) is 39.2 Å². The number of benzene rings is 1. The van der Waals surface area contributed by atoms with Crippen molar-refractivity contribution in [1.82, 2.24) is 5.32 Å². The summed E-state index contributed by atoms with van der Waals surface area (Å²) in [4.78, 5) is 0. The number of fused-ring (bicyclic) bond motifs is 1. The number of likely N-dealkylation sites (N-methyl/N-ethyl adjacent to an activating group) is 1. The number of hydrogen-bond acceptors (Lipinski definition) is 1. The molecule has 1 aromatic carbocycles. The van der Waals surface area contributed by atoms with Gasteiger partial charge in [-0.05, 0) is 56.8 Å². The number of hydrogen-bond donors (Lipinski definition) is 1. The minimum Gasteiger partial charge on any atom is -0.310 e. The summed E-state index contributed by atoms with van der Waals surface area (Å²) in [7, 11) is 2.03. The van der Waals surface area contributed by atoms with Gasteiger partial charge in [-0.1, -0.05) is 29.8 Å². The van der Waals surface area contributed by atoms with E-state index in [1.807, 2.05) is 7.05 Å². The van der Waals surface area contributed by atoms with E-state index in [0.29, 0.717) is 6.04 Å². The van der Waals surface area contributed by atoms with E-state index in [9.17, 15) is 0 Å². The Bertz CT molecular complexity index is 400. The maximum Gasteiger partial charge on any atom is 0.0506 e. The van der Waals surface area contributed by atoms with Crippen LogP contribution in [-0.2, 0) is 12.8 Å². The molecule has 86 valence electrons. The Morgan fingerprint density at radius 2 is 2.00 bits per heavy atom. The van der Waals surface area contributed by atoms with Gasteiger partial charge in [-0.15, -0.1) is 0 Å². The molecule has 16 heavy (non-hydrogen) atoms. The monoisotopic (exact) mass is 215 g/mol. The number of aryl methyl sites for hydroxylation is 2. The van der Waals surface area contributed by atoms with Gasteiger partial charge >= 0.3 is 0 Å². The molecule has 1 nitrogen and oxygen atoms in total. The largest absolute Gasteiger partial charge is 0.310 e. The van der Waals surface area contributed by atoms with Crippen molar-refractivity contribution in [3.8, 4) is 0 Å². The summed E-state index contributed by atoms with van der Waals surface area (Å²) in [6.45, 7) is 4.30. The van der Waals surface area contributed by atoms with Crippen LogP contribution in [0.4, 0.5) is 0 Å². The van der Waals surface area contributed by atoms with E-state index in [0.717, 1.165) is 0 Å². The van der Waals surface area contributed by atoms with Gasteiger partial charge in [0.2, 0.25) is 0 Å². The van der Waals surface area contributed by atoms with Gasteiger partial charge in [-0.3, -0.25) is 0 Å².